The fourth-order valence-electron chi connectivity index (χ4n) is 3.58. The van der Waals surface area contributed by atoms with E-state index >= 15 is 0 Å². The molecule has 0 aliphatic carbocycles. The highest BCUT2D eigenvalue weighted by Gasteiger charge is 2.17. The van der Waals surface area contributed by atoms with Crippen LogP contribution in [0.25, 0.3) is 11.1 Å². The van der Waals surface area contributed by atoms with E-state index in [2.05, 4.69) is 10.6 Å². The lowest BCUT2D eigenvalue weighted by atomic mass is 9.94. The quantitative estimate of drug-likeness (QED) is 0.431. The molecule has 158 valence electrons. The van der Waals surface area contributed by atoms with Gasteiger partial charge in [-0.2, -0.15) is 0 Å². The van der Waals surface area contributed by atoms with E-state index in [1.165, 1.54) is 0 Å². The van der Waals surface area contributed by atoms with Crippen molar-refractivity contribution in [1.82, 2.24) is 10.6 Å². The van der Waals surface area contributed by atoms with Crippen molar-refractivity contribution in [1.29, 1.82) is 0 Å². The lowest BCUT2D eigenvalue weighted by Gasteiger charge is -2.14. The van der Waals surface area contributed by atoms with E-state index < -0.39 is 0 Å². The van der Waals surface area contributed by atoms with Gasteiger partial charge in [0.2, 0.25) is 0 Å². The predicted octanol–water partition coefficient (Wildman–Crippen LogP) is 5.21. The van der Waals surface area contributed by atoms with Crippen molar-refractivity contribution in [2.24, 2.45) is 0 Å². The van der Waals surface area contributed by atoms with Crippen LogP contribution in [-0.2, 0) is 13.1 Å². The van der Waals surface area contributed by atoms with Crippen LogP contribution in [0.3, 0.4) is 0 Å². The number of nitrogens with one attached hydrogen (secondary N) is 2. The predicted molar refractivity (Wildman–Crippen MR) is 127 cm³/mol. The van der Waals surface area contributed by atoms with Gasteiger partial charge in [-0.1, -0.05) is 97.1 Å². The number of carbonyl (C=O) groups excluding carboxylic acids is 2. The molecule has 0 aliphatic heterocycles. The molecule has 4 nitrogen and oxygen atoms in total. The number of benzene rings is 4. The van der Waals surface area contributed by atoms with Gasteiger partial charge in [0.1, 0.15) is 0 Å². The second-order valence-electron chi connectivity index (χ2n) is 7.43. The van der Waals surface area contributed by atoms with Crippen LogP contribution in [0.1, 0.15) is 31.8 Å². The van der Waals surface area contributed by atoms with Crippen LogP contribution in [0.4, 0.5) is 0 Å². The smallest absolute Gasteiger partial charge is 0.252 e. The van der Waals surface area contributed by atoms with Crippen LogP contribution >= 0.6 is 0 Å². The van der Waals surface area contributed by atoms with Crippen LogP contribution in [0.2, 0.25) is 0 Å². The first-order valence-electron chi connectivity index (χ1n) is 10.5. The molecule has 0 heterocycles. The van der Waals surface area contributed by atoms with Gasteiger partial charge in [0, 0.05) is 24.2 Å². The molecule has 0 unspecified atom stereocenters. The maximum atomic E-state index is 13.0. The van der Waals surface area contributed by atoms with Crippen LogP contribution in [0.15, 0.2) is 109 Å². The molecule has 0 bridgehead atoms. The van der Waals surface area contributed by atoms with Gasteiger partial charge in [0.05, 0.1) is 0 Å². The van der Waals surface area contributed by atoms with E-state index in [0.29, 0.717) is 24.2 Å². The third-order valence-electron chi connectivity index (χ3n) is 5.23. The molecule has 0 aliphatic rings. The number of rotatable bonds is 7. The SMILES string of the molecule is O=C(NCc1ccccc1)c1ccccc1-c1ccccc1C(=O)NCc1ccccc1. The molecule has 4 aromatic carbocycles. The lowest BCUT2D eigenvalue weighted by Crippen LogP contribution is -2.25. The summed E-state index contributed by atoms with van der Waals surface area (Å²) in [7, 11) is 0. The number of carbonyl (C=O) groups is 2. The van der Waals surface area contributed by atoms with Crippen molar-refractivity contribution in [3.05, 3.63) is 131 Å². The largest absolute Gasteiger partial charge is 0.348 e. The summed E-state index contributed by atoms with van der Waals surface area (Å²) in [5, 5.41) is 5.96. The van der Waals surface area contributed by atoms with Crippen molar-refractivity contribution in [3.63, 3.8) is 0 Å². The fraction of sp³-hybridized carbons (Fsp3) is 0.0714. The first-order valence-corrected chi connectivity index (χ1v) is 10.5. The number of hydrogen-bond donors (Lipinski definition) is 2. The summed E-state index contributed by atoms with van der Waals surface area (Å²) in [4.78, 5) is 26.0. The van der Waals surface area contributed by atoms with Gasteiger partial charge in [0.25, 0.3) is 11.8 Å². The molecule has 2 amide bonds. The van der Waals surface area contributed by atoms with Crippen molar-refractivity contribution >= 4 is 11.8 Å². The molecule has 0 fully saturated rings. The van der Waals surface area contributed by atoms with Crippen molar-refractivity contribution in [2.75, 3.05) is 0 Å². The highest BCUT2D eigenvalue weighted by Crippen LogP contribution is 2.27. The van der Waals surface area contributed by atoms with Gasteiger partial charge in [-0.3, -0.25) is 9.59 Å². The van der Waals surface area contributed by atoms with Gasteiger partial charge in [-0.05, 0) is 34.4 Å². The lowest BCUT2D eigenvalue weighted by molar-refractivity contribution is 0.0941. The van der Waals surface area contributed by atoms with Gasteiger partial charge in [-0.15, -0.1) is 0 Å². The van der Waals surface area contributed by atoms with E-state index in [1.807, 2.05) is 97.1 Å². The van der Waals surface area contributed by atoms with Gasteiger partial charge >= 0.3 is 0 Å². The van der Waals surface area contributed by atoms with Crippen molar-refractivity contribution in [2.45, 2.75) is 13.1 Å². The molecular weight excluding hydrogens is 396 g/mol. The molecule has 4 rings (SSSR count). The zero-order chi connectivity index (χ0) is 22.2. The first-order chi connectivity index (χ1) is 15.7. The summed E-state index contributed by atoms with van der Waals surface area (Å²) >= 11 is 0. The Hall–Kier alpha value is -4.18. The Morgan fingerprint density at radius 2 is 0.812 bits per heavy atom. The molecular formula is C28H24N2O2. The number of amides is 2. The summed E-state index contributed by atoms with van der Waals surface area (Å²) in [5.41, 5.74) is 4.57. The Balaban J connectivity index is 1.56. The minimum Gasteiger partial charge on any atom is -0.348 e. The monoisotopic (exact) mass is 420 g/mol. The normalized spacial score (nSPS) is 10.4. The molecule has 32 heavy (non-hydrogen) atoms. The van der Waals surface area contributed by atoms with Crippen molar-refractivity contribution in [3.8, 4) is 11.1 Å². The molecule has 2 N–H and O–H groups in total. The second-order valence-corrected chi connectivity index (χ2v) is 7.43. The summed E-state index contributed by atoms with van der Waals surface area (Å²) in [6, 6.07) is 34.3. The third-order valence-corrected chi connectivity index (χ3v) is 5.23. The highest BCUT2D eigenvalue weighted by atomic mass is 16.2. The van der Waals surface area contributed by atoms with E-state index in [1.54, 1.807) is 12.1 Å². The standard InChI is InChI=1S/C28H24N2O2/c31-27(29-19-21-11-3-1-4-12-21)25-17-9-7-15-23(25)24-16-8-10-18-26(24)28(32)30-20-22-13-5-2-6-14-22/h1-18H,19-20H2,(H,29,31)(H,30,32). The van der Waals surface area contributed by atoms with E-state index in [4.69, 9.17) is 0 Å². The maximum absolute atomic E-state index is 13.0. The molecule has 0 spiro atoms. The Bertz CT molecular complexity index is 1110. The summed E-state index contributed by atoms with van der Waals surface area (Å²) in [6.07, 6.45) is 0. The Labute approximate surface area is 187 Å². The van der Waals surface area contributed by atoms with Crippen LogP contribution in [-0.4, -0.2) is 11.8 Å². The minimum atomic E-state index is -0.177. The van der Waals surface area contributed by atoms with Crippen molar-refractivity contribution < 1.29 is 9.59 Å². The van der Waals surface area contributed by atoms with Gasteiger partial charge in [-0.25, -0.2) is 0 Å². The maximum Gasteiger partial charge on any atom is 0.252 e. The van der Waals surface area contributed by atoms with E-state index in [0.717, 1.165) is 22.3 Å². The average molecular weight is 421 g/mol. The zero-order valence-electron chi connectivity index (χ0n) is 17.6. The molecule has 0 aromatic heterocycles. The Kier molecular flexibility index (Phi) is 6.73. The topological polar surface area (TPSA) is 58.2 Å². The molecule has 0 atom stereocenters. The average Bonchev–Trinajstić information content (AvgIpc) is 2.87. The zero-order valence-corrected chi connectivity index (χ0v) is 17.6. The molecule has 0 radical (unpaired) electrons. The van der Waals surface area contributed by atoms with E-state index in [9.17, 15) is 9.59 Å². The first kappa shape index (κ1) is 21.1. The fourth-order valence-corrected chi connectivity index (χ4v) is 3.58. The Morgan fingerprint density at radius 1 is 0.469 bits per heavy atom. The molecule has 0 saturated heterocycles. The van der Waals surface area contributed by atoms with Crippen LogP contribution in [0.5, 0.6) is 0 Å². The van der Waals surface area contributed by atoms with Gasteiger partial charge in [0.15, 0.2) is 0 Å². The van der Waals surface area contributed by atoms with E-state index in [-0.39, 0.29) is 11.8 Å². The molecule has 4 heteroatoms. The van der Waals surface area contributed by atoms with Gasteiger partial charge < -0.3 is 10.6 Å². The number of hydrogen-bond acceptors (Lipinski definition) is 2. The minimum absolute atomic E-state index is 0.177. The summed E-state index contributed by atoms with van der Waals surface area (Å²) in [6.45, 7) is 0.875. The molecule has 4 aromatic rings. The summed E-state index contributed by atoms with van der Waals surface area (Å²) in [5.74, 6) is -0.354. The summed E-state index contributed by atoms with van der Waals surface area (Å²) < 4.78 is 0. The highest BCUT2D eigenvalue weighted by molar-refractivity contribution is 6.06. The van der Waals surface area contributed by atoms with Crippen LogP contribution in [0, 0.1) is 0 Å². The third kappa shape index (κ3) is 5.10. The molecule has 0 saturated carbocycles. The van der Waals surface area contributed by atoms with Crippen LogP contribution < -0.4 is 10.6 Å². The second kappa shape index (κ2) is 10.2. The Morgan fingerprint density at radius 3 is 1.22 bits per heavy atom.